The molecule has 1 saturated heterocycles. The van der Waals surface area contributed by atoms with Crippen LogP contribution in [0.5, 0.6) is 0 Å². The Hall–Kier alpha value is -1.14. The van der Waals surface area contributed by atoms with Gasteiger partial charge in [0.15, 0.2) is 0 Å². The van der Waals surface area contributed by atoms with Gasteiger partial charge in [-0.1, -0.05) is 38.5 Å². The number of carbonyl (C=O) groups is 1. The lowest BCUT2D eigenvalue weighted by atomic mass is 9.98. The van der Waals surface area contributed by atoms with Crippen molar-refractivity contribution >= 4 is 18.3 Å². The van der Waals surface area contributed by atoms with Crippen molar-refractivity contribution in [2.45, 2.75) is 58.3 Å². The number of halogens is 1. The highest BCUT2D eigenvalue weighted by molar-refractivity contribution is 5.85. The van der Waals surface area contributed by atoms with Gasteiger partial charge in [-0.2, -0.15) is 0 Å². The number of amides is 1. The largest absolute Gasteiger partial charge is 0.388 e. The van der Waals surface area contributed by atoms with Crippen LogP contribution in [0.2, 0.25) is 0 Å². The number of carbonyl (C=O) groups excluding carboxylic acids is 1. The number of nitrogens with zero attached hydrogens (tertiary/aromatic N) is 1. The fourth-order valence-corrected chi connectivity index (χ4v) is 3.91. The molecule has 2 atom stereocenters. The maximum absolute atomic E-state index is 13.0. The Kier molecular flexibility index (Phi) is 8.55. The van der Waals surface area contributed by atoms with Gasteiger partial charge in [-0.3, -0.25) is 4.79 Å². The standard InChI is InChI=1S/C21H32N2O3.ClH/c1-15(2)13-23(21(25)20-12-22-9-10-26-20)14-16-7-8-17-5-3-4-6-19(24)18(17)11-16;/h7-8,11,15,19-20,22,24H,3-6,9-10,12-14H2,1-2H3;1H. The fourth-order valence-electron chi connectivity index (χ4n) is 3.91. The summed E-state index contributed by atoms with van der Waals surface area (Å²) in [5.74, 6) is 0.448. The molecule has 1 heterocycles. The molecular formula is C21H33ClN2O3. The number of morpholine rings is 1. The van der Waals surface area contributed by atoms with Crippen LogP contribution in [-0.4, -0.2) is 48.3 Å². The molecule has 1 aliphatic heterocycles. The van der Waals surface area contributed by atoms with Gasteiger partial charge in [-0.05, 0) is 41.9 Å². The van der Waals surface area contributed by atoms with Crippen LogP contribution in [0.25, 0.3) is 0 Å². The molecule has 1 fully saturated rings. The van der Waals surface area contributed by atoms with E-state index >= 15 is 0 Å². The molecule has 0 saturated carbocycles. The van der Waals surface area contributed by atoms with Crippen molar-refractivity contribution in [3.63, 3.8) is 0 Å². The molecule has 2 unspecified atom stereocenters. The van der Waals surface area contributed by atoms with Crippen molar-refractivity contribution in [1.29, 1.82) is 0 Å². The molecule has 27 heavy (non-hydrogen) atoms. The van der Waals surface area contributed by atoms with Crippen molar-refractivity contribution in [3.05, 3.63) is 34.9 Å². The molecule has 1 aromatic carbocycles. The minimum absolute atomic E-state index is 0. The summed E-state index contributed by atoms with van der Waals surface area (Å²) in [5.41, 5.74) is 3.38. The monoisotopic (exact) mass is 396 g/mol. The Labute approximate surface area is 168 Å². The van der Waals surface area contributed by atoms with Crippen molar-refractivity contribution in [2.75, 3.05) is 26.2 Å². The van der Waals surface area contributed by atoms with E-state index in [2.05, 4.69) is 37.4 Å². The van der Waals surface area contributed by atoms with E-state index in [1.54, 1.807) is 0 Å². The quantitative estimate of drug-likeness (QED) is 0.751. The topological polar surface area (TPSA) is 61.8 Å². The van der Waals surface area contributed by atoms with Crippen LogP contribution >= 0.6 is 12.4 Å². The number of aliphatic hydroxyl groups is 1. The predicted molar refractivity (Wildman–Crippen MR) is 109 cm³/mol. The van der Waals surface area contributed by atoms with Crippen molar-refractivity contribution in [3.8, 4) is 0 Å². The van der Waals surface area contributed by atoms with Gasteiger partial charge < -0.3 is 20.1 Å². The summed E-state index contributed by atoms with van der Waals surface area (Å²) < 4.78 is 5.67. The fraction of sp³-hybridized carbons (Fsp3) is 0.667. The molecule has 6 heteroatoms. The molecule has 0 bridgehead atoms. The third-order valence-corrected chi connectivity index (χ3v) is 5.22. The van der Waals surface area contributed by atoms with Gasteiger partial charge in [0.05, 0.1) is 12.7 Å². The van der Waals surface area contributed by atoms with Crippen molar-refractivity contribution < 1.29 is 14.6 Å². The smallest absolute Gasteiger partial charge is 0.253 e. The van der Waals surface area contributed by atoms with E-state index in [0.717, 1.165) is 43.4 Å². The minimum Gasteiger partial charge on any atom is -0.388 e. The number of benzene rings is 1. The Morgan fingerprint density at radius 1 is 1.37 bits per heavy atom. The van der Waals surface area contributed by atoms with E-state index in [1.807, 2.05) is 4.90 Å². The van der Waals surface area contributed by atoms with E-state index < -0.39 is 6.10 Å². The first-order chi connectivity index (χ1) is 12.5. The molecule has 1 amide bonds. The molecule has 0 aromatic heterocycles. The molecule has 0 radical (unpaired) electrons. The highest BCUT2D eigenvalue weighted by Gasteiger charge is 2.27. The number of ether oxygens (including phenoxy) is 1. The Morgan fingerprint density at radius 2 is 2.19 bits per heavy atom. The average Bonchev–Trinajstić information content (AvgIpc) is 2.82. The Bertz CT molecular complexity index is 617. The lowest BCUT2D eigenvalue weighted by molar-refractivity contribution is -0.146. The Balaban J connectivity index is 0.00000261. The van der Waals surface area contributed by atoms with Crippen LogP contribution in [0.15, 0.2) is 18.2 Å². The lowest BCUT2D eigenvalue weighted by Gasteiger charge is -2.31. The summed E-state index contributed by atoms with van der Waals surface area (Å²) in [5, 5.41) is 13.7. The van der Waals surface area contributed by atoms with E-state index in [-0.39, 0.29) is 24.4 Å². The molecular weight excluding hydrogens is 364 g/mol. The van der Waals surface area contributed by atoms with E-state index in [9.17, 15) is 9.90 Å². The molecule has 0 spiro atoms. The second-order valence-corrected chi connectivity index (χ2v) is 7.97. The number of fused-ring (bicyclic) bond motifs is 1. The summed E-state index contributed by atoms with van der Waals surface area (Å²) in [7, 11) is 0. The first-order valence-corrected chi connectivity index (χ1v) is 9.95. The number of aryl methyl sites for hydroxylation is 1. The molecule has 1 aliphatic carbocycles. The zero-order valence-corrected chi connectivity index (χ0v) is 17.3. The first kappa shape index (κ1) is 22.2. The molecule has 152 valence electrons. The maximum atomic E-state index is 13.0. The second-order valence-electron chi connectivity index (χ2n) is 7.97. The van der Waals surface area contributed by atoms with Crippen molar-refractivity contribution in [2.24, 2.45) is 5.92 Å². The SMILES string of the molecule is CC(C)CN(Cc1ccc2c(c1)C(O)CCCC2)C(=O)C1CNCCO1.Cl. The summed E-state index contributed by atoms with van der Waals surface area (Å²) in [6.07, 6.45) is 3.28. The highest BCUT2D eigenvalue weighted by atomic mass is 35.5. The van der Waals surface area contributed by atoms with Crippen LogP contribution in [0.3, 0.4) is 0 Å². The zero-order chi connectivity index (χ0) is 18.5. The highest BCUT2D eigenvalue weighted by Crippen LogP contribution is 2.29. The van der Waals surface area contributed by atoms with Crippen LogP contribution in [0.4, 0.5) is 0 Å². The lowest BCUT2D eigenvalue weighted by Crippen LogP contribution is -2.49. The molecule has 2 aliphatic rings. The number of aliphatic hydroxyl groups excluding tert-OH is 1. The van der Waals surface area contributed by atoms with Crippen LogP contribution in [0, 0.1) is 5.92 Å². The molecule has 2 N–H and O–H groups in total. The van der Waals surface area contributed by atoms with Crippen LogP contribution in [0.1, 0.15) is 55.9 Å². The number of hydrogen-bond acceptors (Lipinski definition) is 4. The molecule has 1 aromatic rings. The summed E-state index contributed by atoms with van der Waals surface area (Å²) in [6.45, 7) is 7.49. The van der Waals surface area contributed by atoms with Gasteiger partial charge >= 0.3 is 0 Å². The first-order valence-electron chi connectivity index (χ1n) is 9.95. The van der Waals surface area contributed by atoms with Crippen LogP contribution < -0.4 is 5.32 Å². The van der Waals surface area contributed by atoms with Gasteiger partial charge in [0, 0.05) is 26.2 Å². The number of rotatable bonds is 5. The average molecular weight is 397 g/mol. The second kappa shape index (κ2) is 10.4. The minimum atomic E-state index is -0.395. The Morgan fingerprint density at radius 3 is 2.89 bits per heavy atom. The van der Waals surface area contributed by atoms with E-state index in [1.165, 1.54) is 5.56 Å². The van der Waals surface area contributed by atoms with Gasteiger partial charge in [0.2, 0.25) is 0 Å². The summed E-state index contributed by atoms with van der Waals surface area (Å²) in [4.78, 5) is 14.9. The number of nitrogens with one attached hydrogen (secondary N) is 1. The van der Waals surface area contributed by atoms with E-state index in [4.69, 9.17) is 4.74 Å². The molecule has 5 nitrogen and oxygen atoms in total. The third-order valence-electron chi connectivity index (χ3n) is 5.22. The maximum Gasteiger partial charge on any atom is 0.253 e. The number of hydrogen-bond donors (Lipinski definition) is 2. The van der Waals surface area contributed by atoms with Crippen LogP contribution in [-0.2, 0) is 22.5 Å². The van der Waals surface area contributed by atoms with Gasteiger partial charge in [-0.15, -0.1) is 12.4 Å². The van der Waals surface area contributed by atoms with Gasteiger partial charge in [-0.25, -0.2) is 0 Å². The van der Waals surface area contributed by atoms with Gasteiger partial charge in [0.25, 0.3) is 5.91 Å². The third kappa shape index (κ3) is 5.92. The molecule has 3 rings (SSSR count). The summed E-state index contributed by atoms with van der Waals surface area (Å²) >= 11 is 0. The normalized spacial score (nSPS) is 22.5. The zero-order valence-electron chi connectivity index (χ0n) is 16.4. The van der Waals surface area contributed by atoms with Crippen molar-refractivity contribution in [1.82, 2.24) is 10.2 Å². The van der Waals surface area contributed by atoms with E-state index in [0.29, 0.717) is 32.2 Å². The summed E-state index contributed by atoms with van der Waals surface area (Å²) in [6, 6.07) is 6.35. The predicted octanol–water partition coefficient (Wildman–Crippen LogP) is 2.84. The van der Waals surface area contributed by atoms with Gasteiger partial charge in [0.1, 0.15) is 6.10 Å².